The van der Waals surface area contributed by atoms with E-state index in [0.717, 1.165) is 6.42 Å². The van der Waals surface area contributed by atoms with Gasteiger partial charge in [-0.3, -0.25) is 13.9 Å². The molecule has 118 valence electrons. The largest absolute Gasteiger partial charge is 0.336 e. The summed E-state index contributed by atoms with van der Waals surface area (Å²) in [6.45, 7) is 1.17. The van der Waals surface area contributed by atoms with Crippen LogP contribution >= 0.6 is 11.3 Å². The summed E-state index contributed by atoms with van der Waals surface area (Å²) in [6.07, 6.45) is 3.84. The molecule has 0 bridgehead atoms. The SMILES string of the molecule is Cn1c(=O)n(C2CCN(C(=O)c3ccsc3)C2)c2ncncc21. The normalized spacial score (nSPS) is 18.0. The zero-order valence-corrected chi connectivity index (χ0v) is 13.4. The lowest BCUT2D eigenvalue weighted by molar-refractivity contribution is 0.0788. The molecule has 3 aromatic rings. The number of hydrogen-bond donors (Lipinski definition) is 0. The van der Waals surface area contributed by atoms with Gasteiger partial charge in [0.05, 0.1) is 17.8 Å². The molecule has 7 nitrogen and oxygen atoms in total. The van der Waals surface area contributed by atoms with E-state index < -0.39 is 0 Å². The van der Waals surface area contributed by atoms with Crippen LogP contribution in [0.15, 0.2) is 34.1 Å². The van der Waals surface area contributed by atoms with Gasteiger partial charge in [-0.05, 0) is 17.9 Å². The van der Waals surface area contributed by atoms with Gasteiger partial charge in [-0.1, -0.05) is 0 Å². The Labute approximate surface area is 135 Å². The minimum absolute atomic E-state index is 0.0247. The number of amides is 1. The predicted octanol–water partition coefficient (Wildman–Crippen LogP) is 1.28. The smallest absolute Gasteiger partial charge is 0.330 e. The third-order valence-electron chi connectivity index (χ3n) is 4.34. The van der Waals surface area contributed by atoms with E-state index in [1.807, 2.05) is 16.8 Å². The van der Waals surface area contributed by atoms with Crippen LogP contribution in [0.4, 0.5) is 0 Å². The highest BCUT2D eigenvalue weighted by molar-refractivity contribution is 7.08. The Hall–Kier alpha value is -2.48. The first-order valence-electron chi connectivity index (χ1n) is 7.35. The van der Waals surface area contributed by atoms with Gasteiger partial charge in [0.2, 0.25) is 0 Å². The van der Waals surface area contributed by atoms with E-state index in [1.54, 1.807) is 27.3 Å². The summed E-state index contributed by atoms with van der Waals surface area (Å²) in [5, 5.41) is 3.75. The molecule has 1 fully saturated rings. The monoisotopic (exact) mass is 329 g/mol. The number of aryl methyl sites for hydroxylation is 1. The number of thiophene rings is 1. The van der Waals surface area contributed by atoms with Crippen molar-refractivity contribution in [2.45, 2.75) is 12.5 Å². The first-order valence-corrected chi connectivity index (χ1v) is 8.29. The fraction of sp³-hybridized carbons (Fsp3) is 0.333. The molecule has 4 heterocycles. The Morgan fingerprint density at radius 3 is 3.09 bits per heavy atom. The van der Waals surface area contributed by atoms with E-state index in [-0.39, 0.29) is 17.6 Å². The highest BCUT2D eigenvalue weighted by atomic mass is 32.1. The Morgan fingerprint density at radius 1 is 1.43 bits per heavy atom. The molecule has 0 aromatic carbocycles. The van der Waals surface area contributed by atoms with Gasteiger partial charge in [0.1, 0.15) is 11.8 Å². The minimum Gasteiger partial charge on any atom is -0.336 e. The lowest BCUT2D eigenvalue weighted by Gasteiger charge is -2.16. The molecule has 0 spiro atoms. The molecule has 8 heteroatoms. The predicted molar refractivity (Wildman–Crippen MR) is 86.6 cm³/mol. The standard InChI is InChI=1S/C15H15N5O2S/c1-18-12-6-16-9-17-13(12)20(15(18)22)11-2-4-19(7-11)14(21)10-3-5-23-8-10/h3,5-6,8-9,11H,2,4,7H2,1H3. The van der Waals surface area contributed by atoms with E-state index in [0.29, 0.717) is 29.8 Å². The topological polar surface area (TPSA) is 73.0 Å². The lowest BCUT2D eigenvalue weighted by Crippen LogP contribution is -2.31. The van der Waals surface area contributed by atoms with Gasteiger partial charge < -0.3 is 4.90 Å². The number of fused-ring (bicyclic) bond motifs is 1. The molecule has 0 saturated carbocycles. The van der Waals surface area contributed by atoms with Gasteiger partial charge in [-0.2, -0.15) is 11.3 Å². The van der Waals surface area contributed by atoms with Gasteiger partial charge in [0, 0.05) is 25.5 Å². The van der Waals surface area contributed by atoms with Gasteiger partial charge in [0.25, 0.3) is 5.91 Å². The van der Waals surface area contributed by atoms with Crippen molar-refractivity contribution in [2.24, 2.45) is 7.05 Å². The number of carbonyl (C=O) groups excluding carboxylic acids is 1. The van der Waals surface area contributed by atoms with Crippen molar-refractivity contribution < 1.29 is 4.79 Å². The average Bonchev–Trinajstić information content (AvgIpc) is 3.29. The number of carbonyl (C=O) groups is 1. The van der Waals surface area contributed by atoms with Crippen LogP contribution in [-0.4, -0.2) is 43.0 Å². The van der Waals surface area contributed by atoms with Crippen molar-refractivity contribution in [2.75, 3.05) is 13.1 Å². The average molecular weight is 329 g/mol. The van der Waals surface area contributed by atoms with Gasteiger partial charge in [-0.15, -0.1) is 0 Å². The van der Waals surface area contributed by atoms with Crippen molar-refractivity contribution in [1.29, 1.82) is 0 Å². The summed E-state index contributed by atoms with van der Waals surface area (Å²) in [5.74, 6) is 0.0247. The number of aromatic nitrogens is 4. The van der Waals surface area contributed by atoms with E-state index in [4.69, 9.17) is 0 Å². The molecule has 4 rings (SSSR count). The maximum atomic E-state index is 12.5. The molecule has 0 radical (unpaired) electrons. The highest BCUT2D eigenvalue weighted by Crippen LogP contribution is 2.25. The summed E-state index contributed by atoms with van der Waals surface area (Å²) in [5.41, 5.74) is 1.93. The number of imidazole rings is 1. The quantitative estimate of drug-likeness (QED) is 0.710. The van der Waals surface area contributed by atoms with Crippen LogP contribution < -0.4 is 5.69 Å². The summed E-state index contributed by atoms with van der Waals surface area (Å²) in [6, 6.07) is 1.78. The van der Waals surface area contributed by atoms with Crippen LogP contribution in [0.2, 0.25) is 0 Å². The van der Waals surface area contributed by atoms with Crippen molar-refractivity contribution in [3.8, 4) is 0 Å². The molecular formula is C15H15N5O2S. The van der Waals surface area contributed by atoms with E-state index in [9.17, 15) is 9.59 Å². The van der Waals surface area contributed by atoms with Gasteiger partial charge >= 0.3 is 5.69 Å². The third kappa shape index (κ3) is 2.17. The molecular weight excluding hydrogens is 314 g/mol. The second-order valence-electron chi connectivity index (χ2n) is 5.65. The molecule has 1 amide bonds. The lowest BCUT2D eigenvalue weighted by atomic mass is 10.2. The fourth-order valence-electron chi connectivity index (χ4n) is 3.13. The summed E-state index contributed by atoms with van der Waals surface area (Å²) >= 11 is 1.51. The maximum absolute atomic E-state index is 12.5. The Bertz CT molecular complexity index is 927. The first-order chi connectivity index (χ1) is 11.2. The van der Waals surface area contributed by atoms with Gasteiger partial charge in [-0.25, -0.2) is 14.8 Å². The number of nitrogens with zero attached hydrogens (tertiary/aromatic N) is 5. The fourth-order valence-corrected chi connectivity index (χ4v) is 3.76. The van der Waals surface area contributed by atoms with Gasteiger partial charge in [0.15, 0.2) is 5.65 Å². The first kappa shape index (κ1) is 14.1. The summed E-state index contributed by atoms with van der Waals surface area (Å²) in [7, 11) is 1.72. The number of likely N-dealkylation sites (tertiary alicyclic amines) is 1. The molecule has 1 aliphatic rings. The molecule has 23 heavy (non-hydrogen) atoms. The van der Waals surface area contributed by atoms with Crippen LogP contribution in [0.25, 0.3) is 11.2 Å². The molecule has 3 aromatic heterocycles. The second-order valence-corrected chi connectivity index (χ2v) is 6.43. The molecule has 0 aliphatic carbocycles. The molecule has 1 saturated heterocycles. The Kier molecular flexibility index (Phi) is 3.26. The zero-order chi connectivity index (χ0) is 16.0. The van der Waals surface area contributed by atoms with Crippen LogP contribution in [0.5, 0.6) is 0 Å². The highest BCUT2D eigenvalue weighted by Gasteiger charge is 2.31. The molecule has 1 atom stereocenters. The zero-order valence-electron chi connectivity index (χ0n) is 12.5. The van der Waals surface area contributed by atoms with Crippen LogP contribution in [-0.2, 0) is 7.05 Å². The maximum Gasteiger partial charge on any atom is 0.330 e. The molecule has 0 N–H and O–H groups in total. The van der Waals surface area contributed by atoms with E-state index >= 15 is 0 Å². The van der Waals surface area contributed by atoms with Crippen molar-refractivity contribution in [3.05, 3.63) is 45.4 Å². The summed E-state index contributed by atoms with van der Waals surface area (Å²) in [4.78, 5) is 35.0. The Balaban J connectivity index is 1.67. The third-order valence-corrected chi connectivity index (χ3v) is 5.02. The van der Waals surface area contributed by atoms with E-state index in [2.05, 4.69) is 9.97 Å². The number of rotatable bonds is 2. The van der Waals surface area contributed by atoms with Crippen molar-refractivity contribution >= 4 is 28.4 Å². The van der Waals surface area contributed by atoms with Crippen molar-refractivity contribution in [3.63, 3.8) is 0 Å². The van der Waals surface area contributed by atoms with Crippen LogP contribution in [0, 0.1) is 0 Å². The Morgan fingerprint density at radius 2 is 2.30 bits per heavy atom. The number of hydrogen-bond acceptors (Lipinski definition) is 5. The van der Waals surface area contributed by atoms with Crippen LogP contribution in [0.3, 0.4) is 0 Å². The van der Waals surface area contributed by atoms with Crippen LogP contribution in [0.1, 0.15) is 22.8 Å². The van der Waals surface area contributed by atoms with Crippen molar-refractivity contribution in [1.82, 2.24) is 24.0 Å². The minimum atomic E-state index is -0.115. The van der Waals surface area contributed by atoms with E-state index in [1.165, 1.54) is 17.7 Å². The summed E-state index contributed by atoms with van der Waals surface area (Å²) < 4.78 is 3.25. The molecule has 1 unspecified atom stereocenters. The second kappa shape index (κ2) is 5.31. The molecule has 1 aliphatic heterocycles.